The van der Waals surface area contributed by atoms with Crippen LogP contribution in [0.2, 0.25) is 0 Å². The summed E-state index contributed by atoms with van der Waals surface area (Å²) in [6, 6.07) is 21.7. The number of rotatable bonds is 5. The van der Waals surface area contributed by atoms with E-state index in [1.54, 1.807) is 0 Å². The molecule has 2 aliphatic rings. The number of nitrogens with one attached hydrogen (secondary N) is 1. The Labute approximate surface area is 245 Å². The van der Waals surface area contributed by atoms with Crippen molar-refractivity contribution >= 4 is 11.5 Å². The summed E-state index contributed by atoms with van der Waals surface area (Å²) < 4.78 is 0. The lowest BCUT2D eigenvalue weighted by Gasteiger charge is -2.26. The monoisotopic (exact) mass is 545 g/mol. The number of anilines is 1. The van der Waals surface area contributed by atoms with Gasteiger partial charge in [-0.15, -0.1) is 0 Å². The molecular weight excluding hydrogens is 502 g/mol. The predicted molar refractivity (Wildman–Crippen MR) is 172 cm³/mol. The molecule has 1 saturated heterocycles. The standard InChI is InChI=1S/C34H37N5.C2H6/c1-22-5-6-23(2)38-33(22)26-10-8-25(9-11-26)32(35)31-20-29(21-37-34(31)36)28-12-7-24-13-15-30(16-14-27(24)19-28)39-17-3-4-18-39;1-2/h5-12,19-21,30,35H,3-4,13-18H2,1-2H3,(H2,36,37);1-2H3. The Morgan fingerprint density at radius 2 is 1.51 bits per heavy atom. The van der Waals surface area contributed by atoms with Gasteiger partial charge in [0, 0.05) is 40.2 Å². The third-order valence-corrected chi connectivity index (χ3v) is 8.56. The second-order valence-corrected chi connectivity index (χ2v) is 11.2. The Kier molecular flexibility index (Phi) is 8.94. The Balaban J connectivity index is 0.00000165. The highest BCUT2D eigenvalue weighted by atomic mass is 15.2. The molecule has 0 amide bonds. The number of fused-ring (bicyclic) bond motifs is 1. The highest BCUT2D eigenvalue weighted by Gasteiger charge is 2.24. The average Bonchev–Trinajstić information content (AvgIpc) is 3.46. The summed E-state index contributed by atoms with van der Waals surface area (Å²) in [7, 11) is 0. The SMILES string of the molecule is CC.Cc1ccc(C)c(-c2ccc(C(=N)c3cc(-c4ccc5c(c4)CCC(N4CCCC4)CC5)cnc3N)cc2)n1. The van der Waals surface area contributed by atoms with E-state index in [0.717, 1.165) is 52.0 Å². The number of nitrogen functional groups attached to an aromatic ring is 1. The number of hydrogen-bond acceptors (Lipinski definition) is 5. The second kappa shape index (κ2) is 12.8. The van der Waals surface area contributed by atoms with Crippen LogP contribution in [-0.2, 0) is 12.8 Å². The van der Waals surface area contributed by atoms with Crippen LogP contribution in [-0.4, -0.2) is 39.7 Å². The molecule has 1 aliphatic heterocycles. The van der Waals surface area contributed by atoms with E-state index in [-0.39, 0.29) is 0 Å². The first-order valence-electron chi connectivity index (χ1n) is 15.2. The van der Waals surface area contributed by atoms with Crippen molar-refractivity contribution in [2.75, 3.05) is 18.8 Å². The summed E-state index contributed by atoms with van der Waals surface area (Å²) in [5.41, 5.74) is 17.4. The number of nitrogens with zero attached hydrogens (tertiary/aromatic N) is 3. The van der Waals surface area contributed by atoms with Crippen molar-refractivity contribution < 1.29 is 0 Å². The maximum Gasteiger partial charge on any atom is 0.132 e. The lowest BCUT2D eigenvalue weighted by molar-refractivity contribution is 0.222. The van der Waals surface area contributed by atoms with Crippen molar-refractivity contribution in [1.29, 1.82) is 5.41 Å². The number of likely N-dealkylation sites (tertiary alicyclic amines) is 1. The van der Waals surface area contributed by atoms with Gasteiger partial charge in [-0.3, -0.25) is 10.4 Å². The van der Waals surface area contributed by atoms with E-state index in [1.807, 2.05) is 63.4 Å². The summed E-state index contributed by atoms with van der Waals surface area (Å²) in [5.74, 6) is 0.382. The maximum atomic E-state index is 8.97. The number of benzene rings is 2. The molecule has 0 spiro atoms. The van der Waals surface area contributed by atoms with Gasteiger partial charge in [-0.1, -0.05) is 62.4 Å². The van der Waals surface area contributed by atoms with Gasteiger partial charge in [-0.2, -0.15) is 0 Å². The van der Waals surface area contributed by atoms with Crippen LogP contribution >= 0.6 is 0 Å². The van der Waals surface area contributed by atoms with Crippen LogP contribution < -0.4 is 5.73 Å². The van der Waals surface area contributed by atoms with Crippen molar-refractivity contribution in [2.24, 2.45) is 0 Å². The molecule has 1 aliphatic carbocycles. The number of aryl methyl sites for hydroxylation is 4. The van der Waals surface area contributed by atoms with Gasteiger partial charge in [0.1, 0.15) is 5.82 Å². The van der Waals surface area contributed by atoms with Crippen LogP contribution in [0.1, 0.15) is 73.0 Å². The second-order valence-electron chi connectivity index (χ2n) is 11.2. The Bertz CT molecular complexity index is 1520. The maximum absolute atomic E-state index is 8.97. The quantitative estimate of drug-likeness (QED) is 0.198. The molecular formula is C36H43N5. The van der Waals surface area contributed by atoms with E-state index in [4.69, 9.17) is 16.1 Å². The first-order chi connectivity index (χ1) is 20.0. The molecule has 2 aromatic heterocycles. The van der Waals surface area contributed by atoms with Crippen molar-refractivity contribution in [3.63, 3.8) is 0 Å². The fraction of sp³-hybridized carbons (Fsp3) is 0.361. The summed E-state index contributed by atoms with van der Waals surface area (Å²) >= 11 is 0. The van der Waals surface area contributed by atoms with Crippen molar-refractivity contribution in [3.05, 3.63) is 100 Å². The fourth-order valence-electron chi connectivity index (χ4n) is 6.24. The van der Waals surface area contributed by atoms with Crippen LogP contribution in [0.3, 0.4) is 0 Å². The van der Waals surface area contributed by atoms with Crippen LogP contribution in [0, 0.1) is 19.3 Å². The summed E-state index contributed by atoms with van der Waals surface area (Å²) in [6.07, 6.45) is 9.31. The third-order valence-electron chi connectivity index (χ3n) is 8.56. The minimum atomic E-state index is 0.380. The first-order valence-corrected chi connectivity index (χ1v) is 15.2. The molecule has 41 heavy (non-hydrogen) atoms. The number of nitrogens with two attached hydrogens (primary N) is 1. The molecule has 6 rings (SSSR count). The zero-order chi connectivity index (χ0) is 28.9. The van der Waals surface area contributed by atoms with Gasteiger partial charge in [-0.05, 0) is 99.8 Å². The highest BCUT2D eigenvalue weighted by molar-refractivity contribution is 6.14. The van der Waals surface area contributed by atoms with E-state index in [2.05, 4.69) is 41.1 Å². The van der Waals surface area contributed by atoms with E-state index in [0.29, 0.717) is 23.1 Å². The van der Waals surface area contributed by atoms with Crippen molar-refractivity contribution in [2.45, 2.75) is 72.3 Å². The normalized spacial score (nSPS) is 16.8. The zero-order valence-electron chi connectivity index (χ0n) is 25.0. The van der Waals surface area contributed by atoms with Gasteiger partial charge in [0.05, 0.1) is 11.4 Å². The smallest absolute Gasteiger partial charge is 0.132 e. The summed E-state index contributed by atoms with van der Waals surface area (Å²) in [4.78, 5) is 11.9. The van der Waals surface area contributed by atoms with Gasteiger partial charge >= 0.3 is 0 Å². The lowest BCUT2D eigenvalue weighted by atomic mass is 9.95. The van der Waals surface area contributed by atoms with Crippen LogP contribution in [0.4, 0.5) is 5.82 Å². The van der Waals surface area contributed by atoms with Gasteiger partial charge < -0.3 is 10.6 Å². The molecule has 1 unspecified atom stereocenters. The summed E-state index contributed by atoms with van der Waals surface area (Å²) in [6.45, 7) is 10.6. The molecule has 0 saturated carbocycles. The molecule has 5 heteroatoms. The number of hydrogen-bond donors (Lipinski definition) is 2. The van der Waals surface area contributed by atoms with E-state index in [9.17, 15) is 0 Å². The van der Waals surface area contributed by atoms with Crippen molar-refractivity contribution in [1.82, 2.24) is 14.9 Å². The molecule has 212 valence electrons. The molecule has 1 fully saturated rings. The molecule has 0 bridgehead atoms. The van der Waals surface area contributed by atoms with E-state index < -0.39 is 0 Å². The summed E-state index contributed by atoms with van der Waals surface area (Å²) in [5, 5.41) is 8.97. The third kappa shape index (κ3) is 6.25. The molecule has 3 N–H and O–H groups in total. The highest BCUT2D eigenvalue weighted by Crippen LogP contribution is 2.31. The molecule has 4 aromatic rings. The van der Waals surface area contributed by atoms with E-state index >= 15 is 0 Å². The minimum Gasteiger partial charge on any atom is -0.383 e. The zero-order valence-corrected chi connectivity index (χ0v) is 25.0. The first kappa shape index (κ1) is 28.7. The Morgan fingerprint density at radius 3 is 2.24 bits per heavy atom. The van der Waals surface area contributed by atoms with Gasteiger partial charge in [0.2, 0.25) is 0 Å². The van der Waals surface area contributed by atoms with Crippen LogP contribution in [0.5, 0.6) is 0 Å². The predicted octanol–water partition coefficient (Wildman–Crippen LogP) is 7.80. The average molecular weight is 546 g/mol. The van der Waals surface area contributed by atoms with Gasteiger partial charge in [0.15, 0.2) is 0 Å². The molecule has 5 nitrogen and oxygen atoms in total. The largest absolute Gasteiger partial charge is 0.383 e. The minimum absolute atomic E-state index is 0.380. The Morgan fingerprint density at radius 1 is 0.829 bits per heavy atom. The molecule has 0 radical (unpaired) electrons. The fourth-order valence-corrected chi connectivity index (χ4v) is 6.24. The lowest BCUT2D eigenvalue weighted by Crippen LogP contribution is -2.32. The molecule has 3 heterocycles. The van der Waals surface area contributed by atoms with Gasteiger partial charge in [0.25, 0.3) is 0 Å². The number of pyridine rings is 2. The topological polar surface area (TPSA) is 78.9 Å². The molecule has 1 atom stereocenters. The van der Waals surface area contributed by atoms with E-state index in [1.165, 1.54) is 49.9 Å². The van der Waals surface area contributed by atoms with Gasteiger partial charge in [-0.25, -0.2) is 4.98 Å². The molecule has 2 aromatic carbocycles. The Hall–Kier alpha value is -3.83. The number of aromatic nitrogens is 2. The van der Waals surface area contributed by atoms with Crippen molar-refractivity contribution in [3.8, 4) is 22.4 Å². The van der Waals surface area contributed by atoms with Crippen LogP contribution in [0.25, 0.3) is 22.4 Å². The van der Waals surface area contributed by atoms with Crippen LogP contribution in [0.15, 0.2) is 66.9 Å².